The highest BCUT2D eigenvalue weighted by Crippen LogP contribution is 2.30. The van der Waals surface area contributed by atoms with Gasteiger partial charge in [0.1, 0.15) is 0 Å². The van der Waals surface area contributed by atoms with Crippen LogP contribution in [0.4, 0.5) is 16.5 Å². The van der Waals surface area contributed by atoms with Crippen molar-refractivity contribution in [1.82, 2.24) is 4.98 Å². The monoisotopic (exact) mass is 439 g/mol. The van der Waals surface area contributed by atoms with Gasteiger partial charge in [-0.25, -0.2) is 4.98 Å². The van der Waals surface area contributed by atoms with Gasteiger partial charge in [0.25, 0.3) is 5.91 Å². The molecule has 0 radical (unpaired) electrons. The van der Waals surface area contributed by atoms with E-state index in [9.17, 15) is 4.79 Å². The Hall–Kier alpha value is -2.86. The zero-order valence-corrected chi connectivity index (χ0v) is 17.4. The van der Waals surface area contributed by atoms with Crippen LogP contribution in [0.2, 0.25) is 10.0 Å². The standard InChI is InChI=1S/C22H15Cl2N3OS/c23-17-6-2-1-5-16(17)21(28)25-15-11-9-14(10-12-15)20-13-29-22(27-20)26-19-8-4-3-7-18(19)24/h1-13H,(H,25,28)(H,26,27). The molecular weight excluding hydrogens is 425 g/mol. The molecule has 4 nitrogen and oxygen atoms in total. The van der Waals surface area contributed by atoms with Crippen molar-refractivity contribution >= 4 is 57.0 Å². The number of nitrogens with zero attached hydrogens (tertiary/aromatic N) is 1. The summed E-state index contributed by atoms with van der Waals surface area (Å²) in [7, 11) is 0. The molecule has 7 heteroatoms. The molecule has 0 aliphatic carbocycles. The summed E-state index contributed by atoms with van der Waals surface area (Å²) in [5.74, 6) is -0.247. The predicted molar refractivity (Wildman–Crippen MR) is 122 cm³/mol. The number of para-hydroxylation sites is 1. The molecule has 0 atom stereocenters. The van der Waals surface area contributed by atoms with Crippen molar-refractivity contribution in [3.8, 4) is 11.3 Å². The second-order valence-electron chi connectivity index (χ2n) is 6.15. The normalized spacial score (nSPS) is 10.6. The Labute approximate surface area is 182 Å². The van der Waals surface area contributed by atoms with Gasteiger partial charge in [0.05, 0.1) is 27.0 Å². The van der Waals surface area contributed by atoms with E-state index in [1.807, 2.05) is 53.9 Å². The number of aromatic nitrogens is 1. The Morgan fingerprint density at radius 1 is 0.862 bits per heavy atom. The second kappa shape index (κ2) is 8.66. The Kier molecular flexibility index (Phi) is 5.81. The van der Waals surface area contributed by atoms with E-state index in [-0.39, 0.29) is 5.91 Å². The van der Waals surface area contributed by atoms with Crippen LogP contribution in [-0.4, -0.2) is 10.9 Å². The molecule has 0 aliphatic heterocycles. The highest BCUT2D eigenvalue weighted by molar-refractivity contribution is 7.14. The van der Waals surface area contributed by atoms with Crippen molar-refractivity contribution in [2.45, 2.75) is 0 Å². The van der Waals surface area contributed by atoms with E-state index in [0.29, 0.717) is 21.3 Å². The number of nitrogens with one attached hydrogen (secondary N) is 2. The number of hydrogen-bond donors (Lipinski definition) is 2. The Morgan fingerprint density at radius 3 is 2.28 bits per heavy atom. The van der Waals surface area contributed by atoms with E-state index in [4.69, 9.17) is 23.2 Å². The van der Waals surface area contributed by atoms with Gasteiger partial charge < -0.3 is 10.6 Å². The van der Waals surface area contributed by atoms with Crippen molar-refractivity contribution in [3.05, 3.63) is 93.8 Å². The molecule has 0 saturated heterocycles. The van der Waals surface area contributed by atoms with Crippen molar-refractivity contribution in [2.75, 3.05) is 10.6 Å². The quantitative estimate of drug-likeness (QED) is 0.348. The van der Waals surface area contributed by atoms with Gasteiger partial charge in [-0.1, -0.05) is 59.6 Å². The Bertz CT molecular complexity index is 1160. The zero-order valence-electron chi connectivity index (χ0n) is 15.0. The maximum atomic E-state index is 12.4. The molecule has 0 saturated carbocycles. The van der Waals surface area contributed by atoms with E-state index in [1.165, 1.54) is 11.3 Å². The molecule has 0 bridgehead atoms. The van der Waals surface area contributed by atoms with Gasteiger partial charge in [-0.3, -0.25) is 4.79 Å². The number of carbonyl (C=O) groups is 1. The number of benzene rings is 3. The number of rotatable bonds is 5. The Morgan fingerprint density at radius 2 is 1.55 bits per heavy atom. The van der Waals surface area contributed by atoms with Gasteiger partial charge in [0.2, 0.25) is 0 Å². The summed E-state index contributed by atoms with van der Waals surface area (Å²) in [6.45, 7) is 0. The van der Waals surface area contributed by atoms with Crippen LogP contribution in [0.5, 0.6) is 0 Å². The molecule has 0 aliphatic rings. The molecule has 0 unspecified atom stereocenters. The first-order valence-corrected chi connectivity index (χ1v) is 10.4. The molecule has 3 aromatic carbocycles. The summed E-state index contributed by atoms with van der Waals surface area (Å²) >= 11 is 13.8. The lowest BCUT2D eigenvalue weighted by molar-refractivity contribution is 0.102. The van der Waals surface area contributed by atoms with E-state index in [0.717, 1.165) is 22.1 Å². The third kappa shape index (κ3) is 4.59. The van der Waals surface area contributed by atoms with E-state index < -0.39 is 0 Å². The maximum absolute atomic E-state index is 12.4. The molecule has 4 aromatic rings. The molecule has 1 heterocycles. The van der Waals surface area contributed by atoms with Crippen LogP contribution in [0.1, 0.15) is 10.4 Å². The highest BCUT2D eigenvalue weighted by Gasteiger charge is 2.11. The largest absolute Gasteiger partial charge is 0.330 e. The summed E-state index contributed by atoms with van der Waals surface area (Å²) in [4.78, 5) is 17.0. The lowest BCUT2D eigenvalue weighted by atomic mass is 10.1. The molecule has 1 amide bonds. The van der Waals surface area contributed by atoms with Gasteiger partial charge in [-0.05, 0) is 36.4 Å². The third-order valence-electron chi connectivity index (χ3n) is 4.18. The first-order chi connectivity index (χ1) is 14.1. The lowest BCUT2D eigenvalue weighted by Crippen LogP contribution is -2.12. The second-order valence-corrected chi connectivity index (χ2v) is 7.83. The van der Waals surface area contributed by atoms with Crippen LogP contribution < -0.4 is 10.6 Å². The first kappa shape index (κ1) is 19.5. The van der Waals surface area contributed by atoms with Crippen LogP contribution in [0.15, 0.2) is 78.2 Å². The Balaban J connectivity index is 1.46. The number of carbonyl (C=O) groups excluding carboxylic acids is 1. The third-order valence-corrected chi connectivity index (χ3v) is 5.59. The smallest absolute Gasteiger partial charge is 0.257 e. The predicted octanol–water partition coefficient (Wildman–Crippen LogP) is 7.11. The molecule has 4 rings (SSSR count). The number of amides is 1. The first-order valence-electron chi connectivity index (χ1n) is 8.73. The van der Waals surface area contributed by atoms with Crippen molar-refractivity contribution in [3.63, 3.8) is 0 Å². The molecule has 144 valence electrons. The van der Waals surface area contributed by atoms with Crippen LogP contribution in [0, 0.1) is 0 Å². The minimum atomic E-state index is -0.247. The number of hydrogen-bond acceptors (Lipinski definition) is 4. The minimum Gasteiger partial charge on any atom is -0.330 e. The van der Waals surface area contributed by atoms with Crippen LogP contribution >= 0.6 is 34.5 Å². The SMILES string of the molecule is O=C(Nc1ccc(-c2csc(Nc3ccccc3Cl)n2)cc1)c1ccccc1Cl. The highest BCUT2D eigenvalue weighted by atomic mass is 35.5. The van der Waals surface area contributed by atoms with E-state index in [2.05, 4.69) is 15.6 Å². The minimum absolute atomic E-state index is 0.247. The number of halogens is 2. The number of thiazole rings is 1. The number of anilines is 3. The zero-order chi connectivity index (χ0) is 20.2. The fourth-order valence-electron chi connectivity index (χ4n) is 2.71. The van der Waals surface area contributed by atoms with E-state index >= 15 is 0 Å². The van der Waals surface area contributed by atoms with Gasteiger partial charge >= 0.3 is 0 Å². The molecular formula is C22H15Cl2N3OS. The summed E-state index contributed by atoms with van der Waals surface area (Å²) in [6.07, 6.45) is 0. The summed E-state index contributed by atoms with van der Waals surface area (Å²) < 4.78 is 0. The van der Waals surface area contributed by atoms with Crippen molar-refractivity contribution in [1.29, 1.82) is 0 Å². The summed E-state index contributed by atoms with van der Waals surface area (Å²) in [6, 6.07) is 22.0. The van der Waals surface area contributed by atoms with Crippen LogP contribution in [-0.2, 0) is 0 Å². The summed E-state index contributed by atoms with van der Waals surface area (Å²) in [5, 5.41) is 9.87. The van der Waals surface area contributed by atoms with Gasteiger partial charge in [0.15, 0.2) is 5.13 Å². The van der Waals surface area contributed by atoms with Crippen LogP contribution in [0.3, 0.4) is 0 Å². The van der Waals surface area contributed by atoms with Crippen LogP contribution in [0.25, 0.3) is 11.3 Å². The average Bonchev–Trinajstić information content (AvgIpc) is 3.19. The van der Waals surface area contributed by atoms with Crippen molar-refractivity contribution < 1.29 is 4.79 Å². The lowest BCUT2D eigenvalue weighted by Gasteiger charge is -2.07. The van der Waals surface area contributed by atoms with Gasteiger partial charge in [-0.2, -0.15) is 0 Å². The molecule has 29 heavy (non-hydrogen) atoms. The fraction of sp³-hybridized carbons (Fsp3) is 0. The van der Waals surface area contributed by atoms with Gasteiger partial charge in [-0.15, -0.1) is 11.3 Å². The van der Waals surface area contributed by atoms with Crippen molar-refractivity contribution in [2.24, 2.45) is 0 Å². The molecule has 1 aromatic heterocycles. The molecule has 0 fully saturated rings. The topological polar surface area (TPSA) is 54.0 Å². The fourth-order valence-corrected chi connectivity index (χ4v) is 3.85. The molecule has 2 N–H and O–H groups in total. The summed E-state index contributed by atoms with van der Waals surface area (Å²) in [5.41, 5.74) is 3.72. The molecule has 0 spiro atoms. The average molecular weight is 440 g/mol. The van der Waals surface area contributed by atoms with Gasteiger partial charge in [0, 0.05) is 16.6 Å². The van der Waals surface area contributed by atoms with E-state index in [1.54, 1.807) is 24.3 Å². The maximum Gasteiger partial charge on any atom is 0.257 e.